The highest BCUT2D eigenvalue weighted by Gasteiger charge is 2.12. The van der Waals surface area contributed by atoms with E-state index in [1.807, 2.05) is 0 Å². The van der Waals surface area contributed by atoms with Crippen molar-refractivity contribution in [3.8, 4) is 11.5 Å². The van der Waals surface area contributed by atoms with E-state index in [1.54, 1.807) is 25.1 Å². The van der Waals surface area contributed by atoms with Gasteiger partial charge in [0.2, 0.25) is 5.91 Å². The summed E-state index contributed by atoms with van der Waals surface area (Å²) in [6, 6.07) is 8.80. The Labute approximate surface area is 153 Å². The van der Waals surface area contributed by atoms with Crippen LogP contribution in [0.15, 0.2) is 36.4 Å². The highest BCUT2D eigenvalue weighted by molar-refractivity contribution is 7.99. The molecule has 140 valence electrons. The number of halogens is 3. The molecule has 0 aliphatic rings. The van der Waals surface area contributed by atoms with Gasteiger partial charge in [0, 0.05) is 11.4 Å². The smallest absolute Gasteiger partial charge is 0.387 e. The van der Waals surface area contributed by atoms with Crippen molar-refractivity contribution in [2.24, 2.45) is 0 Å². The summed E-state index contributed by atoms with van der Waals surface area (Å²) < 4.78 is 47.2. The molecule has 0 radical (unpaired) electrons. The van der Waals surface area contributed by atoms with Gasteiger partial charge in [-0.3, -0.25) is 4.79 Å². The van der Waals surface area contributed by atoms with E-state index in [9.17, 15) is 18.0 Å². The largest absolute Gasteiger partial charge is 0.493 e. The first-order valence-corrected chi connectivity index (χ1v) is 8.80. The maximum absolute atomic E-state index is 13.2. The van der Waals surface area contributed by atoms with E-state index in [1.165, 1.54) is 37.1 Å². The summed E-state index contributed by atoms with van der Waals surface area (Å²) >= 11 is 1.33. The zero-order valence-electron chi connectivity index (χ0n) is 14.2. The summed E-state index contributed by atoms with van der Waals surface area (Å²) in [6.07, 6.45) is 0. The lowest BCUT2D eigenvalue weighted by Crippen LogP contribution is -2.15. The Morgan fingerprint density at radius 1 is 1.19 bits per heavy atom. The van der Waals surface area contributed by atoms with E-state index in [2.05, 4.69) is 10.1 Å². The molecule has 0 saturated heterocycles. The van der Waals surface area contributed by atoms with Crippen molar-refractivity contribution in [1.29, 1.82) is 0 Å². The molecule has 8 heteroatoms. The van der Waals surface area contributed by atoms with Gasteiger partial charge in [-0.25, -0.2) is 4.39 Å². The number of ether oxygens (including phenoxy) is 2. The average molecular weight is 385 g/mol. The minimum absolute atomic E-state index is 0.0458. The lowest BCUT2D eigenvalue weighted by atomic mass is 10.2. The highest BCUT2D eigenvalue weighted by Crippen LogP contribution is 2.30. The van der Waals surface area contributed by atoms with Crippen LogP contribution in [0.5, 0.6) is 11.5 Å². The topological polar surface area (TPSA) is 47.6 Å². The molecule has 0 bridgehead atoms. The minimum atomic E-state index is -2.93. The van der Waals surface area contributed by atoms with E-state index in [0.29, 0.717) is 11.4 Å². The number of methoxy groups -OCH3 is 1. The first kappa shape index (κ1) is 20.0. The summed E-state index contributed by atoms with van der Waals surface area (Å²) in [5.74, 6) is 0.109. The fourth-order valence-corrected chi connectivity index (χ4v) is 2.95. The Kier molecular flexibility index (Phi) is 7.20. The summed E-state index contributed by atoms with van der Waals surface area (Å²) in [7, 11) is 1.36. The Bertz CT molecular complexity index is 771. The van der Waals surface area contributed by atoms with Crippen LogP contribution in [0.4, 0.5) is 18.9 Å². The van der Waals surface area contributed by atoms with Crippen LogP contribution in [0.2, 0.25) is 0 Å². The molecule has 1 amide bonds. The van der Waals surface area contributed by atoms with Crippen LogP contribution in [-0.4, -0.2) is 25.4 Å². The predicted molar refractivity (Wildman–Crippen MR) is 95.6 cm³/mol. The van der Waals surface area contributed by atoms with Crippen molar-refractivity contribution >= 4 is 23.4 Å². The number of carbonyl (C=O) groups is 1. The van der Waals surface area contributed by atoms with Crippen molar-refractivity contribution in [3.63, 3.8) is 0 Å². The summed E-state index contributed by atoms with van der Waals surface area (Å²) in [5.41, 5.74) is 2.00. The van der Waals surface area contributed by atoms with Crippen molar-refractivity contribution in [1.82, 2.24) is 0 Å². The fourth-order valence-electron chi connectivity index (χ4n) is 2.17. The van der Waals surface area contributed by atoms with E-state index in [4.69, 9.17) is 4.74 Å². The van der Waals surface area contributed by atoms with Crippen molar-refractivity contribution in [3.05, 3.63) is 53.3 Å². The number of hydrogen-bond donors (Lipinski definition) is 1. The molecular formula is C18H18F3NO3S. The number of aryl methyl sites for hydroxylation is 1. The fraction of sp³-hybridized carbons (Fsp3) is 0.278. The number of amides is 1. The molecule has 2 rings (SSSR count). The monoisotopic (exact) mass is 385 g/mol. The van der Waals surface area contributed by atoms with Crippen LogP contribution in [0.25, 0.3) is 0 Å². The molecule has 4 nitrogen and oxygen atoms in total. The molecule has 0 atom stereocenters. The zero-order chi connectivity index (χ0) is 19.1. The Hall–Kier alpha value is -2.35. The van der Waals surface area contributed by atoms with Gasteiger partial charge in [-0.05, 0) is 42.3 Å². The Balaban J connectivity index is 1.88. The number of hydrogen-bond acceptors (Lipinski definition) is 4. The van der Waals surface area contributed by atoms with Crippen LogP contribution in [-0.2, 0) is 10.5 Å². The molecule has 0 fully saturated rings. The summed E-state index contributed by atoms with van der Waals surface area (Å²) in [5, 5.41) is 2.66. The van der Waals surface area contributed by atoms with Crippen LogP contribution < -0.4 is 14.8 Å². The third kappa shape index (κ3) is 5.87. The highest BCUT2D eigenvalue weighted by atomic mass is 32.2. The normalized spacial score (nSPS) is 10.7. The summed E-state index contributed by atoms with van der Waals surface area (Å²) in [4.78, 5) is 12.0. The molecule has 2 aromatic carbocycles. The van der Waals surface area contributed by atoms with Crippen LogP contribution in [0, 0.1) is 12.7 Å². The second-order valence-electron chi connectivity index (χ2n) is 5.36. The second kappa shape index (κ2) is 9.38. The third-order valence-electron chi connectivity index (χ3n) is 3.42. The molecule has 0 saturated carbocycles. The molecule has 0 heterocycles. The first-order valence-electron chi connectivity index (χ1n) is 7.64. The molecule has 0 spiro atoms. The first-order chi connectivity index (χ1) is 12.4. The predicted octanol–water partition coefficient (Wildman–Crippen LogP) is 4.62. The lowest BCUT2D eigenvalue weighted by Gasteiger charge is -2.11. The molecule has 2 aromatic rings. The Morgan fingerprint density at radius 2 is 1.96 bits per heavy atom. The third-order valence-corrected chi connectivity index (χ3v) is 4.42. The van der Waals surface area contributed by atoms with Gasteiger partial charge < -0.3 is 14.8 Å². The maximum atomic E-state index is 13.2. The van der Waals surface area contributed by atoms with Gasteiger partial charge in [0.05, 0.1) is 12.9 Å². The van der Waals surface area contributed by atoms with Gasteiger partial charge in [0.15, 0.2) is 11.5 Å². The van der Waals surface area contributed by atoms with Gasteiger partial charge in [0.25, 0.3) is 0 Å². The number of anilines is 1. The van der Waals surface area contributed by atoms with Crippen LogP contribution in [0.1, 0.15) is 11.1 Å². The van der Waals surface area contributed by atoms with Crippen LogP contribution >= 0.6 is 11.8 Å². The minimum Gasteiger partial charge on any atom is -0.493 e. The molecule has 0 aromatic heterocycles. The molecule has 0 unspecified atom stereocenters. The van der Waals surface area contributed by atoms with Gasteiger partial charge in [-0.2, -0.15) is 8.78 Å². The summed E-state index contributed by atoms with van der Waals surface area (Å²) in [6.45, 7) is -1.16. The molecule has 26 heavy (non-hydrogen) atoms. The standard InChI is InChI=1S/C18H18F3NO3S/c1-11-3-5-13(19)8-14(11)22-17(23)10-26-9-12-4-6-15(25-18(20)21)16(7-12)24-2/h3-8,18H,9-10H2,1-2H3,(H,22,23). The molecular weight excluding hydrogens is 367 g/mol. The molecule has 0 aliphatic heterocycles. The molecule has 1 N–H and O–H groups in total. The van der Waals surface area contributed by atoms with Crippen molar-refractivity contribution in [2.75, 3.05) is 18.2 Å². The number of benzene rings is 2. The van der Waals surface area contributed by atoms with E-state index < -0.39 is 12.4 Å². The van der Waals surface area contributed by atoms with Gasteiger partial charge in [0.1, 0.15) is 5.82 Å². The lowest BCUT2D eigenvalue weighted by molar-refractivity contribution is -0.113. The number of carbonyl (C=O) groups excluding carboxylic acids is 1. The van der Waals surface area contributed by atoms with Crippen molar-refractivity contribution in [2.45, 2.75) is 19.3 Å². The average Bonchev–Trinajstić information content (AvgIpc) is 2.59. The number of nitrogens with one attached hydrogen (secondary N) is 1. The molecule has 0 aliphatic carbocycles. The quantitative estimate of drug-likeness (QED) is 0.721. The van der Waals surface area contributed by atoms with Crippen molar-refractivity contribution < 1.29 is 27.4 Å². The number of rotatable bonds is 8. The van der Waals surface area contributed by atoms with Gasteiger partial charge >= 0.3 is 6.61 Å². The number of alkyl halides is 2. The van der Waals surface area contributed by atoms with E-state index >= 15 is 0 Å². The maximum Gasteiger partial charge on any atom is 0.387 e. The SMILES string of the molecule is COc1cc(CSCC(=O)Nc2cc(F)ccc2C)ccc1OC(F)F. The van der Waals surface area contributed by atoms with E-state index in [-0.39, 0.29) is 23.2 Å². The zero-order valence-corrected chi connectivity index (χ0v) is 15.0. The Morgan fingerprint density at radius 3 is 2.65 bits per heavy atom. The number of thioether (sulfide) groups is 1. The van der Waals surface area contributed by atoms with Crippen LogP contribution in [0.3, 0.4) is 0 Å². The van der Waals surface area contributed by atoms with Gasteiger partial charge in [-0.1, -0.05) is 12.1 Å². The van der Waals surface area contributed by atoms with Gasteiger partial charge in [-0.15, -0.1) is 11.8 Å². The second-order valence-corrected chi connectivity index (χ2v) is 6.35. The van der Waals surface area contributed by atoms with E-state index in [0.717, 1.165) is 11.1 Å².